The number of carbonyl (C=O) groups excluding carboxylic acids is 1. The van der Waals surface area contributed by atoms with Gasteiger partial charge in [0, 0.05) is 24.2 Å². The fraction of sp³-hybridized carbons (Fsp3) is 0.500. The van der Waals surface area contributed by atoms with Crippen LogP contribution in [0.25, 0.3) is 0 Å². The maximum Gasteiger partial charge on any atom is 0.317 e. The van der Waals surface area contributed by atoms with Crippen LogP contribution in [0.5, 0.6) is 5.75 Å². The number of halogens is 1. The summed E-state index contributed by atoms with van der Waals surface area (Å²) in [7, 11) is 1.64. The number of benzene rings is 1. The predicted molar refractivity (Wildman–Crippen MR) is 79.2 cm³/mol. The highest BCUT2D eigenvalue weighted by atomic mass is 35.5. The molecule has 0 aliphatic carbocycles. The molecule has 2 amide bonds. The molecule has 0 saturated heterocycles. The van der Waals surface area contributed by atoms with Gasteiger partial charge in [0.2, 0.25) is 0 Å². The van der Waals surface area contributed by atoms with Crippen LogP contribution in [0.15, 0.2) is 18.2 Å². The minimum atomic E-state index is -0.246. The number of hydrogen-bond acceptors (Lipinski definition) is 3. The van der Waals surface area contributed by atoms with E-state index in [9.17, 15) is 4.79 Å². The number of rotatable bonds is 6. The van der Waals surface area contributed by atoms with E-state index in [1.165, 1.54) is 4.90 Å². The number of ether oxygens (including phenoxy) is 1. The largest absolute Gasteiger partial charge is 0.493 e. The Bertz CT molecular complexity index is 454. The van der Waals surface area contributed by atoms with Gasteiger partial charge in [0.15, 0.2) is 0 Å². The van der Waals surface area contributed by atoms with Crippen molar-refractivity contribution in [3.63, 3.8) is 0 Å². The molecule has 0 radical (unpaired) electrons. The van der Waals surface area contributed by atoms with Gasteiger partial charge in [0.05, 0.1) is 19.3 Å². The highest BCUT2D eigenvalue weighted by molar-refractivity contribution is 6.30. The third-order valence-electron chi connectivity index (χ3n) is 3.00. The number of amides is 2. The zero-order valence-electron chi connectivity index (χ0n) is 12.0. The summed E-state index contributed by atoms with van der Waals surface area (Å²) in [6.07, 6.45) is 0. The van der Waals surface area contributed by atoms with Crippen LogP contribution in [0.2, 0.25) is 5.02 Å². The van der Waals surface area contributed by atoms with E-state index >= 15 is 0 Å². The Balaban J connectivity index is 2.67. The first-order valence-corrected chi connectivity index (χ1v) is 6.90. The van der Waals surface area contributed by atoms with Crippen molar-refractivity contribution in [2.75, 3.05) is 20.3 Å². The number of urea groups is 1. The fourth-order valence-corrected chi connectivity index (χ4v) is 1.74. The topological polar surface area (TPSA) is 61.8 Å². The average Bonchev–Trinajstić information content (AvgIpc) is 2.44. The van der Waals surface area contributed by atoms with Crippen LogP contribution in [0.4, 0.5) is 4.79 Å². The molecule has 0 bridgehead atoms. The van der Waals surface area contributed by atoms with Crippen LogP contribution in [0.3, 0.4) is 0 Å². The fourth-order valence-electron chi connectivity index (χ4n) is 1.58. The average molecular weight is 301 g/mol. The van der Waals surface area contributed by atoms with Crippen molar-refractivity contribution in [3.8, 4) is 5.75 Å². The summed E-state index contributed by atoms with van der Waals surface area (Å²) in [6, 6.07) is 4.83. The van der Waals surface area contributed by atoms with Crippen molar-refractivity contribution >= 4 is 17.6 Å². The first-order valence-electron chi connectivity index (χ1n) is 6.52. The zero-order chi connectivity index (χ0) is 15.1. The maximum absolute atomic E-state index is 11.9. The lowest BCUT2D eigenvalue weighted by molar-refractivity contribution is 0.157. The molecule has 1 rings (SSSR count). The SMILES string of the molecule is CCOc1cc(Cl)ccc1CNC(=O)N(C)C(C)CO. The van der Waals surface area contributed by atoms with Crippen LogP contribution in [0.1, 0.15) is 19.4 Å². The van der Waals surface area contributed by atoms with E-state index in [0.29, 0.717) is 23.9 Å². The van der Waals surface area contributed by atoms with E-state index in [-0.39, 0.29) is 18.7 Å². The Morgan fingerprint density at radius 1 is 1.55 bits per heavy atom. The Hall–Kier alpha value is -1.46. The van der Waals surface area contributed by atoms with Gasteiger partial charge in [-0.15, -0.1) is 0 Å². The molecular weight excluding hydrogens is 280 g/mol. The minimum absolute atomic E-state index is 0.0743. The molecule has 1 aromatic rings. The highest BCUT2D eigenvalue weighted by Crippen LogP contribution is 2.23. The van der Waals surface area contributed by atoms with Gasteiger partial charge < -0.3 is 20.1 Å². The second-order valence-electron chi connectivity index (χ2n) is 4.49. The van der Waals surface area contributed by atoms with Crippen molar-refractivity contribution < 1.29 is 14.6 Å². The third kappa shape index (κ3) is 4.58. The monoisotopic (exact) mass is 300 g/mol. The summed E-state index contributed by atoms with van der Waals surface area (Å²) >= 11 is 5.92. The van der Waals surface area contributed by atoms with E-state index in [2.05, 4.69) is 5.32 Å². The van der Waals surface area contributed by atoms with Crippen molar-refractivity contribution in [1.29, 1.82) is 0 Å². The standard InChI is InChI=1S/C14H21ClN2O3/c1-4-20-13-7-12(15)6-5-11(13)8-16-14(19)17(3)10(2)9-18/h5-7,10,18H,4,8-9H2,1-3H3,(H,16,19). The third-order valence-corrected chi connectivity index (χ3v) is 3.24. The normalized spacial score (nSPS) is 11.8. The van der Waals surface area contributed by atoms with Gasteiger partial charge in [-0.25, -0.2) is 4.79 Å². The molecule has 112 valence electrons. The second kappa shape index (κ2) is 7.97. The van der Waals surface area contributed by atoms with E-state index in [1.54, 1.807) is 26.1 Å². The quantitative estimate of drug-likeness (QED) is 0.847. The first-order chi connectivity index (χ1) is 9.49. The van der Waals surface area contributed by atoms with Gasteiger partial charge >= 0.3 is 6.03 Å². The van der Waals surface area contributed by atoms with Gasteiger partial charge in [-0.1, -0.05) is 17.7 Å². The highest BCUT2D eigenvalue weighted by Gasteiger charge is 2.15. The molecule has 0 spiro atoms. The number of aliphatic hydroxyl groups is 1. The van der Waals surface area contributed by atoms with E-state index in [4.69, 9.17) is 21.4 Å². The molecule has 0 aromatic heterocycles. The summed E-state index contributed by atoms with van der Waals surface area (Å²) in [5.41, 5.74) is 0.856. The summed E-state index contributed by atoms with van der Waals surface area (Å²) in [4.78, 5) is 13.3. The zero-order valence-corrected chi connectivity index (χ0v) is 12.8. The molecule has 0 fully saturated rings. The molecule has 0 saturated carbocycles. The predicted octanol–water partition coefficient (Wildman–Crippen LogP) is 2.26. The molecule has 6 heteroatoms. The Morgan fingerprint density at radius 3 is 2.85 bits per heavy atom. The maximum atomic E-state index is 11.9. The lowest BCUT2D eigenvalue weighted by atomic mass is 10.2. The summed E-state index contributed by atoms with van der Waals surface area (Å²) < 4.78 is 5.49. The summed E-state index contributed by atoms with van der Waals surface area (Å²) in [5.74, 6) is 0.665. The smallest absolute Gasteiger partial charge is 0.317 e. The van der Waals surface area contributed by atoms with Crippen LogP contribution >= 0.6 is 11.6 Å². The molecule has 20 heavy (non-hydrogen) atoms. The van der Waals surface area contributed by atoms with Gasteiger partial charge in [-0.3, -0.25) is 0 Å². The Morgan fingerprint density at radius 2 is 2.25 bits per heavy atom. The van der Waals surface area contributed by atoms with Crippen LogP contribution in [0, 0.1) is 0 Å². The molecule has 1 aromatic carbocycles. The van der Waals surface area contributed by atoms with Gasteiger partial charge in [0.1, 0.15) is 5.75 Å². The van der Waals surface area contributed by atoms with Gasteiger partial charge in [-0.05, 0) is 26.0 Å². The van der Waals surface area contributed by atoms with Gasteiger partial charge in [-0.2, -0.15) is 0 Å². The Labute approximate surface area is 124 Å². The number of hydrogen-bond donors (Lipinski definition) is 2. The number of likely N-dealkylation sites (N-methyl/N-ethyl adjacent to an activating group) is 1. The summed E-state index contributed by atoms with van der Waals surface area (Å²) in [6.45, 7) is 4.46. The number of nitrogens with one attached hydrogen (secondary N) is 1. The first kappa shape index (κ1) is 16.6. The van der Waals surface area contributed by atoms with E-state index in [1.807, 2.05) is 13.0 Å². The number of carbonyl (C=O) groups is 1. The molecule has 0 heterocycles. The van der Waals surface area contributed by atoms with Crippen LogP contribution in [-0.4, -0.2) is 42.3 Å². The van der Waals surface area contributed by atoms with E-state index in [0.717, 1.165) is 5.56 Å². The molecule has 0 aliphatic heterocycles. The molecule has 5 nitrogen and oxygen atoms in total. The van der Waals surface area contributed by atoms with Crippen molar-refractivity contribution in [2.45, 2.75) is 26.4 Å². The molecule has 1 atom stereocenters. The lowest BCUT2D eigenvalue weighted by Crippen LogP contribution is -2.43. The molecular formula is C14H21ClN2O3. The summed E-state index contributed by atoms with van der Waals surface area (Å²) in [5, 5.41) is 12.4. The lowest BCUT2D eigenvalue weighted by Gasteiger charge is -2.23. The Kier molecular flexibility index (Phi) is 6.61. The van der Waals surface area contributed by atoms with Crippen molar-refractivity contribution in [3.05, 3.63) is 28.8 Å². The molecule has 0 aliphatic rings. The van der Waals surface area contributed by atoms with E-state index < -0.39 is 0 Å². The minimum Gasteiger partial charge on any atom is -0.493 e. The van der Waals surface area contributed by atoms with Crippen molar-refractivity contribution in [1.82, 2.24) is 10.2 Å². The second-order valence-corrected chi connectivity index (χ2v) is 4.92. The molecule has 1 unspecified atom stereocenters. The van der Waals surface area contributed by atoms with Crippen LogP contribution < -0.4 is 10.1 Å². The van der Waals surface area contributed by atoms with Crippen LogP contribution in [-0.2, 0) is 6.54 Å². The molecule has 2 N–H and O–H groups in total. The number of nitrogens with zero attached hydrogens (tertiary/aromatic N) is 1. The van der Waals surface area contributed by atoms with Gasteiger partial charge in [0.25, 0.3) is 0 Å². The number of aliphatic hydroxyl groups excluding tert-OH is 1. The van der Waals surface area contributed by atoms with Crippen molar-refractivity contribution in [2.24, 2.45) is 0 Å².